The molecule has 0 aliphatic carbocycles. The van der Waals surface area contributed by atoms with Crippen molar-refractivity contribution < 1.29 is 28.4 Å². The Morgan fingerprint density at radius 3 is 2.80 bits per heavy atom. The second-order valence-corrected chi connectivity index (χ2v) is 2.63. The zero-order chi connectivity index (χ0) is 17.3. The molecule has 0 atom stereocenters. The molecule has 82 valence electrons. The van der Waals surface area contributed by atoms with Gasteiger partial charge in [0.05, 0.1) is 7.11 Å². The minimum absolute atomic E-state index is 0.172. The second kappa shape index (κ2) is 5.02. The molecule has 0 saturated heterocycles. The number of hydrogen-bond donors (Lipinski definition) is 1. The van der Waals surface area contributed by atoms with Gasteiger partial charge in [-0.3, -0.25) is 0 Å². The summed E-state index contributed by atoms with van der Waals surface area (Å²) < 4.78 is 75.8. The van der Waals surface area contributed by atoms with Crippen LogP contribution < -0.4 is 9.39 Å². The first-order valence-corrected chi connectivity index (χ1v) is 4.02. The van der Waals surface area contributed by atoms with Crippen LogP contribution in [0.2, 0.25) is 0 Å². The van der Waals surface area contributed by atoms with Gasteiger partial charge in [0.1, 0.15) is 11.6 Å². The summed E-state index contributed by atoms with van der Waals surface area (Å²) in [6.45, 7) is -6.66. The number of halogens is 1. The SMILES string of the molecule is [2H]C([2H])([2H])C([2H])(c1cc(OBO)c(OC)cc1F)C([2H])([2H])[2H]. The summed E-state index contributed by atoms with van der Waals surface area (Å²) in [7, 11) is 0.355. The minimum atomic E-state index is -3.33. The van der Waals surface area contributed by atoms with Gasteiger partial charge in [0.2, 0.25) is 0 Å². The largest absolute Gasteiger partial charge is 0.536 e. The monoisotopic (exact) mass is 219 g/mol. The molecule has 1 rings (SSSR count). The van der Waals surface area contributed by atoms with Crippen LogP contribution in [0, 0.1) is 5.82 Å². The van der Waals surface area contributed by atoms with Crippen molar-refractivity contribution in [1.82, 2.24) is 0 Å². The highest BCUT2D eigenvalue weighted by Crippen LogP contribution is 2.32. The van der Waals surface area contributed by atoms with Crippen LogP contribution in [0.1, 0.15) is 34.8 Å². The lowest BCUT2D eigenvalue weighted by atomic mass is 10.0. The van der Waals surface area contributed by atoms with Gasteiger partial charge in [0, 0.05) is 15.7 Å². The van der Waals surface area contributed by atoms with Crippen LogP contribution in [0.15, 0.2) is 12.1 Å². The van der Waals surface area contributed by atoms with Crippen LogP contribution in [0.25, 0.3) is 0 Å². The standard InChI is InChI=1S/C10H14BFO3/c1-6(2)7-4-10(15-11-13)9(14-3)5-8(7)12/h4-6,11,13H,1-3H3/i1D3,2D3,6D. The van der Waals surface area contributed by atoms with E-state index in [-0.39, 0.29) is 11.5 Å². The summed E-state index contributed by atoms with van der Waals surface area (Å²) in [4.78, 5) is 0. The first kappa shape index (κ1) is 5.21. The molecule has 0 spiro atoms. The Hall–Kier alpha value is -1.23. The van der Waals surface area contributed by atoms with Crippen molar-refractivity contribution in [2.75, 3.05) is 7.11 Å². The quantitative estimate of drug-likeness (QED) is 0.781. The molecule has 1 aromatic rings. The van der Waals surface area contributed by atoms with E-state index in [1.807, 2.05) is 0 Å². The van der Waals surface area contributed by atoms with Crippen molar-refractivity contribution in [2.24, 2.45) is 0 Å². The fourth-order valence-electron chi connectivity index (χ4n) is 1.07. The van der Waals surface area contributed by atoms with Gasteiger partial charge in [-0.15, -0.1) is 0 Å². The zero-order valence-electron chi connectivity index (χ0n) is 15.0. The van der Waals surface area contributed by atoms with E-state index >= 15 is 0 Å². The molecule has 0 aliphatic heterocycles. The van der Waals surface area contributed by atoms with Gasteiger partial charge in [-0.1, -0.05) is 13.7 Å². The summed E-state index contributed by atoms with van der Waals surface area (Å²) in [5.41, 5.74) is -0.892. The highest BCUT2D eigenvalue weighted by atomic mass is 19.1. The summed E-state index contributed by atoms with van der Waals surface area (Å²) in [6.07, 6.45) is 0. The van der Waals surface area contributed by atoms with Gasteiger partial charge in [-0.2, -0.15) is 0 Å². The Kier molecular flexibility index (Phi) is 1.74. The van der Waals surface area contributed by atoms with Gasteiger partial charge in [-0.25, -0.2) is 4.39 Å². The Labute approximate surface area is 99.0 Å². The van der Waals surface area contributed by atoms with Crippen molar-refractivity contribution in [2.45, 2.75) is 19.6 Å². The lowest BCUT2D eigenvalue weighted by Gasteiger charge is -2.13. The molecule has 0 unspecified atom stereocenters. The third-order valence-corrected chi connectivity index (χ3v) is 1.74. The predicted octanol–water partition coefficient (Wildman–Crippen LogP) is 1.60. The average Bonchev–Trinajstić information content (AvgIpc) is 2.37. The van der Waals surface area contributed by atoms with Crippen molar-refractivity contribution in [1.29, 1.82) is 0 Å². The smallest absolute Gasteiger partial charge is 0.504 e. The van der Waals surface area contributed by atoms with Crippen LogP contribution in [0.3, 0.4) is 0 Å². The topological polar surface area (TPSA) is 38.7 Å². The number of ether oxygens (including phenoxy) is 1. The van der Waals surface area contributed by atoms with Gasteiger partial charge in [-0.05, 0) is 17.5 Å². The van der Waals surface area contributed by atoms with Gasteiger partial charge < -0.3 is 14.4 Å². The fraction of sp³-hybridized carbons (Fsp3) is 0.400. The van der Waals surface area contributed by atoms with E-state index in [4.69, 9.17) is 24.0 Å². The molecule has 15 heavy (non-hydrogen) atoms. The van der Waals surface area contributed by atoms with Gasteiger partial charge >= 0.3 is 7.69 Å². The van der Waals surface area contributed by atoms with Crippen molar-refractivity contribution in [3.8, 4) is 11.5 Å². The normalized spacial score (nSPS) is 19.5. The van der Waals surface area contributed by atoms with Crippen LogP contribution in [0.4, 0.5) is 4.39 Å². The highest BCUT2D eigenvalue weighted by molar-refractivity contribution is 6.17. The number of rotatable bonds is 4. The molecular weight excluding hydrogens is 198 g/mol. The van der Waals surface area contributed by atoms with Crippen molar-refractivity contribution >= 4 is 7.69 Å². The van der Waals surface area contributed by atoms with Crippen LogP contribution >= 0.6 is 0 Å². The molecule has 1 aromatic carbocycles. The van der Waals surface area contributed by atoms with Gasteiger partial charge in [0.15, 0.2) is 5.75 Å². The maximum Gasteiger partial charge on any atom is 0.504 e. The lowest BCUT2D eigenvalue weighted by molar-refractivity contribution is 0.377. The maximum atomic E-state index is 14.2. The van der Waals surface area contributed by atoms with Crippen LogP contribution in [-0.4, -0.2) is 19.8 Å². The number of methoxy groups -OCH3 is 1. The average molecular weight is 219 g/mol. The molecule has 3 nitrogen and oxygen atoms in total. The first-order chi connectivity index (χ1) is 9.90. The Morgan fingerprint density at radius 2 is 2.27 bits per heavy atom. The maximum absolute atomic E-state index is 14.2. The van der Waals surface area contributed by atoms with E-state index in [0.29, 0.717) is 6.07 Å². The summed E-state index contributed by atoms with van der Waals surface area (Å²) in [6, 6.07) is 1.46. The molecule has 0 saturated carbocycles. The highest BCUT2D eigenvalue weighted by Gasteiger charge is 2.13. The molecule has 0 heterocycles. The Balaban J connectivity index is 3.67. The summed E-state index contributed by atoms with van der Waals surface area (Å²) >= 11 is 0. The van der Waals surface area contributed by atoms with E-state index in [1.165, 1.54) is 7.11 Å². The summed E-state index contributed by atoms with van der Waals surface area (Å²) in [5, 5.41) is 8.78. The Bertz CT molecular complexity index is 533. The predicted molar refractivity (Wildman–Crippen MR) is 57.0 cm³/mol. The minimum Gasteiger partial charge on any atom is -0.536 e. The fourth-order valence-corrected chi connectivity index (χ4v) is 1.07. The van der Waals surface area contributed by atoms with E-state index in [2.05, 4.69) is 0 Å². The van der Waals surface area contributed by atoms with Crippen molar-refractivity contribution in [3.05, 3.63) is 23.5 Å². The number of benzene rings is 1. The van der Waals surface area contributed by atoms with E-state index in [1.54, 1.807) is 0 Å². The molecule has 0 bridgehead atoms. The molecule has 0 amide bonds. The van der Waals surface area contributed by atoms with Crippen molar-refractivity contribution in [3.63, 3.8) is 0 Å². The van der Waals surface area contributed by atoms with E-state index < -0.39 is 38.7 Å². The molecule has 0 radical (unpaired) electrons. The first-order valence-electron chi connectivity index (χ1n) is 7.52. The van der Waals surface area contributed by atoms with Crippen LogP contribution in [0.5, 0.6) is 11.5 Å². The molecular formula is C10H14BFO3. The van der Waals surface area contributed by atoms with E-state index in [0.717, 1.165) is 6.07 Å². The third-order valence-electron chi connectivity index (χ3n) is 1.74. The lowest BCUT2D eigenvalue weighted by Crippen LogP contribution is -2.04. The number of hydrogen-bond acceptors (Lipinski definition) is 3. The molecule has 1 N–H and O–H groups in total. The molecule has 5 heteroatoms. The van der Waals surface area contributed by atoms with E-state index in [9.17, 15) is 4.39 Å². The Morgan fingerprint density at radius 1 is 1.53 bits per heavy atom. The molecule has 0 aromatic heterocycles. The third kappa shape index (κ3) is 2.62. The molecule has 0 aliphatic rings. The summed E-state index contributed by atoms with van der Waals surface area (Å²) in [5.74, 6) is -4.88. The zero-order valence-corrected chi connectivity index (χ0v) is 8.00. The van der Waals surface area contributed by atoms with Crippen LogP contribution in [-0.2, 0) is 0 Å². The van der Waals surface area contributed by atoms with Gasteiger partial charge in [0.25, 0.3) is 0 Å². The molecule has 0 fully saturated rings. The second-order valence-electron chi connectivity index (χ2n) is 2.63.